The molecule has 1 saturated carbocycles. The second-order valence-electron chi connectivity index (χ2n) is 5.18. The first-order chi connectivity index (χ1) is 9.35. The molecule has 4 nitrogen and oxygen atoms in total. The molecule has 3 atom stereocenters. The lowest BCUT2D eigenvalue weighted by molar-refractivity contribution is 0.121. The summed E-state index contributed by atoms with van der Waals surface area (Å²) >= 11 is 5.16. The van der Waals surface area contributed by atoms with Gasteiger partial charge in [0, 0.05) is 18.8 Å². The molecule has 1 aliphatic rings. The molecule has 110 valence electrons. The van der Waals surface area contributed by atoms with Crippen LogP contribution in [-0.4, -0.2) is 38.1 Å². The van der Waals surface area contributed by atoms with Crippen LogP contribution in [0.5, 0.6) is 0 Å². The van der Waals surface area contributed by atoms with Crippen molar-refractivity contribution in [1.29, 1.82) is 0 Å². The first-order valence-electron chi connectivity index (χ1n) is 6.47. The maximum atomic E-state index is 12.1. The van der Waals surface area contributed by atoms with Crippen molar-refractivity contribution in [3.8, 4) is 0 Å². The van der Waals surface area contributed by atoms with Crippen LogP contribution in [0, 0.1) is 5.41 Å². The predicted octanol–water partition coefficient (Wildman–Crippen LogP) is 1.51. The zero-order valence-corrected chi connectivity index (χ0v) is 13.2. The molecule has 0 aromatic heterocycles. The van der Waals surface area contributed by atoms with E-state index in [0.717, 1.165) is 5.56 Å². The van der Waals surface area contributed by atoms with E-state index in [1.165, 1.54) is 6.26 Å². The highest BCUT2D eigenvalue weighted by Gasteiger charge is 2.71. The third-order valence-electron chi connectivity index (χ3n) is 3.88. The van der Waals surface area contributed by atoms with Gasteiger partial charge in [0.25, 0.3) is 0 Å². The molecule has 0 saturated heterocycles. The Hall–Kier alpha value is -0.980. The van der Waals surface area contributed by atoms with Crippen LogP contribution in [0.1, 0.15) is 18.4 Å². The van der Waals surface area contributed by atoms with Gasteiger partial charge in [-0.2, -0.15) is 0 Å². The molecule has 1 aliphatic carbocycles. The number of thiocarbonyl (C=S) groups is 1. The number of hydrogen-bond donors (Lipinski definition) is 1. The van der Waals surface area contributed by atoms with Gasteiger partial charge in [0.1, 0.15) is 0 Å². The van der Waals surface area contributed by atoms with Gasteiger partial charge in [-0.1, -0.05) is 42.5 Å². The van der Waals surface area contributed by atoms with Gasteiger partial charge in [-0.15, -0.1) is 0 Å². The maximum Gasteiger partial charge on any atom is 0.152 e. The first-order valence-corrected chi connectivity index (χ1v) is 8.83. The van der Waals surface area contributed by atoms with Gasteiger partial charge in [-0.3, -0.25) is 0 Å². The first kappa shape index (κ1) is 15.4. The van der Waals surface area contributed by atoms with Crippen molar-refractivity contribution < 1.29 is 13.2 Å². The topological polar surface area (TPSA) is 69.4 Å². The van der Waals surface area contributed by atoms with Gasteiger partial charge < -0.3 is 10.5 Å². The highest BCUT2D eigenvalue weighted by molar-refractivity contribution is 7.92. The van der Waals surface area contributed by atoms with Gasteiger partial charge >= 0.3 is 0 Å². The van der Waals surface area contributed by atoms with Crippen molar-refractivity contribution in [3.05, 3.63) is 35.9 Å². The Morgan fingerprint density at radius 1 is 1.40 bits per heavy atom. The third-order valence-corrected chi connectivity index (χ3v) is 5.88. The molecule has 0 radical (unpaired) electrons. The molecule has 0 aliphatic heterocycles. The largest absolute Gasteiger partial charge is 0.393 e. The molecule has 1 aromatic carbocycles. The highest BCUT2D eigenvalue weighted by Crippen LogP contribution is 2.63. The molecule has 0 heterocycles. The van der Waals surface area contributed by atoms with Crippen LogP contribution in [0.3, 0.4) is 0 Å². The van der Waals surface area contributed by atoms with Crippen LogP contribution in [0.15, 0.2) is 30.3 Å². The summed E-state index contributed by atoms with van der Waals surface area (Å²) in [6.07, 6.45) is 1.24. The predicted molar refractivity (Wildman–Crippen MR) is 83.5 cm³/mol. The number of benzene rings is 1. The summed E-state index contributed by atoms with van der Waals surface area (Å²) in [5.41, 5.74) is 6.04. The Morgan fingerprint density at radius 3 is 2.45 bits per heavy atom. The van der Waals surface area contributed by atoms with Gasteiger partial charge in [-0.25, -0.2) is 8.42 Å². The van der Waals surface area contributed by atoms with E-state index in [1.807, 2.05) is 37.3 Å². The zero-order chi connectivity index (χ0) is 15.0. The SMILES string of the molecule is CCOC[C@@]1(C(N)=S)[C@@H](c2ccccc2)[C@@H]1S(C)(=O)=O. The fourth-order valence-electron chi connectivity index (χ4n) is 2.97. The second-order valence-corrected chi connectivity index (χ2v) is 7.79. The minimum absolute atomic E-state index is 0.218. The van der Waals surface area contributed by atoms with Crippen molar-refractivity contribution in [2.24, 2.45) is 11.1 Å². The lowest BCUT2D eigenvalue weighted by atomic mass is 10.00. The van der Waals surface area contributed by atoms with E-state index in [4.69, 9.17) is 22.7 Å². The molecule has 0 unspecified atom stereocenters. The van der Waals surface area contributed by atoms with Crippen LogP contribution >= 0.6 is 12.2 Å². The van der Waals surface area contributed by atoms with E-state index in [2.05, 4.69) is 0 Å². The van der Waals surface area contributed by atoms with Crippen LogP contribution < -0.4 is 5.73 Å². The molecule has 1 fully saturated rings. The van der Waals surface area contributed by atoms with Crippen molar-refractivity contribution in [1.82, 2.24) is 0 Å². The van der Waals surface area contributed by atoms with Crippen molar-refractivity contribution in [3.63, 3.8) is 0 Å². The fraction of sp³-hybridized carbons (Fsp3) is 0.500. The third kappa shape index (κ3) is 2.47. The van der Waals surface area contributed by atoms with E-state index in [9.17, 15) is 8.42 Å². The van der Waals surface area contributed by atoms with Gasteiger partial charge in [-0.05, 0) is 12.5 Å². The number of nitrogens with two attached hydrogens (primary N) is 1. The summed E-state index contributed by atoms with van der Waals surface area (Å²) in [5.74, 6) is -0.220. The van der Waals surface area contributed by atoms with Crippen LogP contribution in [-0.2, 0) is 14.6 Å². The normalized spacial score (nSPS) is 29.1. The molecular formula is C14H19NO3S2. The van der Waals surface area contributed by atoms with E-state index < -0.39 is 20.5 Å². The Morgan fingerprint density at radius 2 is 2.00 bits per heavy atom. The molecule has 20 heavy (non-hydrogen) atoms. The highest BCUT2D eigenvalue weighted by atomic mass is 32.2. The summed E-state index contributed by atoms with van der Waals surface area (Å²) in [6, 6.07) is 9.49. The van der Waals surface area contributed by atoms with E-state index in [0.29, 0.717) is 6.61 Å². The maximum absolute atomic E-state index is 12.1. The lowest BCUT2D eigenvalue weighted by Crippen LogP contribution is -2.33. The summed E-state index contributed by atoms with van der Waals surface area (Å²) in [4.78, 5) is 0.218. The average molecular weight is 313 g/mol. The van der Waals surface area contributed by atoms with Crippen LogP contribution in [0.4, 0.5) is 0 Å². The Kier molecular flexibility index (Phi) is 4.18. The summed E-state index contributed by atoms with van der Waals surface area (Å²) in [7, 11) is -3.26. The van der Waals surface area contributed by atoms with Gasteiger partial charge in [0.2, 0.25) is 0 Å². The molecule has 0 bridgehead atoms. The van der Waals surface area contributed by atoms with Crippen molar-refractivity contribution >= 4 is 27.0 Å². The van der Waals surface area contributed by atoms with E-state index >= 15 is 0 Å². The molecule has 0 spiro atoms. The second kappa shape index (κ2) is 5.42. The monoisotopic (exact) mass is 313 g/mol. The van der Waals surface area contributed by atoms with Crippen molar-refractivity contribution in [2.75, 3.05) is 19.5 Å². The molecule has 2 N–H and O–H groups in total. The van der Waals surface area contributed by atoms with Gasteiger partial charge in [0.15, 0.2) is 9.84 Å². The van der Waals surface area contributed by atoms with Crippen molar-refractivity contribution in [2.45, 2.75) is 18.1 Å². The molecular weight excluding hydrogens is 294 g/mol. The standard InChI is InChI=1S/C14H19NO3S2/c1-3-18-9-14(13(15)19)11(12(14)20(2,16)17)10-7-5-4-6-8-10/h4-8,11-12H,3,9H2,1-2H3,(H2,15,19)/t11-,12-,14+/m0/s1. The minimum Gasteiger partial charge on any atom is -0.393 e. The molecule has 0 amide bonds. The summed E-state index contributed by atoms with van der Waals surface area (Å²) in [6.45, 7) is 2.61. The van der Waals surface area contributed by atoms with Crippen LogP contribution in [0.2, 0.25) is 0 Å². The van der Waals surface area contributed by atoms with E-state index in [1.54, 1.807) is 0 Å². The van der Waals surface area contributed by atoms with E-state index in [-0.39, 0.29) is 17.5 Å². The molecule has 1 aromatic rings. The zero-order valence-electron chi connectivity index (χ0n) is 11.6. The van der Waals surface area contributed by atoms with Gasteiger partial charge in [0.05, 0.1) is 22.3 Å². The molecule has 6 heteroatoms. The summed E-state index contributed by atoms with van der Waals surface area (Å²) in [5, 5.41) is -0.596. The minimum atomic E-state index is -3.26. The molecule has 2 rings (SSSR count). The number of ether oxygens (including phenoxy) is 1. The summed E-state index contributed by atoms with van der Waals surface area (Å²) < 4.78 is 29.6. The number of sulfone groups is 1. The lowest BCUT2D eigenvalue weighted by Gasteiger charge is -2.16. The quantitative estimate of drug-likeness (QED) is 0.806. The Labute approximate surface area is 125 Å². The number of hydrogen-bond acceptors (Lipinski definition) is 4. The Bertz CT molecular complexity index is 600. The number of rotatable bonds is 6. The van der Waals surface area contributed by atoms with Crippen LogP contribution in [0.25, 0.3) is 0 Å². The Balaban J connectivity index is 2.45. The average Bonchev–Trinajstić information content (AvgIpc) is 3.08. The smallest absolute Gasteiger partial charge is 0.152 e. The fourth-order valence-corrected chi connectivity index (χ4v) is 5.28.